The van der Waals surface area contributed by atoms with Gasteiger partial charge in [0.15, 0.2) is 0 Å². The number of aromatic nitrogens is 3. The summed E-state index contributed by atoms with van der Waals surface area (Å²) in [7, 11) is 0. The molecule has 2 saturated heterocycles. The summed E-state index contributed by atoms with van der Waals surface area (Å²) in [5.41, 5.74) is 3.72. The van der Waals surface area contributed by atoms with E-state index in [1.165, 1.54) is 12.0 Å². The van der Waals surface area contributed by atoms with E-state index in [2.05, 4.69) is 55.5 Å². The fourth-order valence-electron chi connectivity index (χ4n) is 5.21. The Hall–Kier alpha value is -2.21. The number of aromatic amines is 1. The number of nitrogens with zero attached hydrogens (tertiary/aromatic N) is 4. The third-order valence-corrected chi connectivity index (χ3v) is 6.74. The molecule has 0 radical (unpaired) electrons. The Kier molecular flexibility index (Phi) is 4.23. The van der Waals surface area contributed by atoms with Crippen LogP contribution in [0.2, 0.25) is 0 Å². The Morgan fingerprint density at radius 1 is 1.11 bits per heavy atom. The number of nitrogens with one attached hydrogen (secondary N) is 1. The summed E-state index contributed by atoms with van der Waals surface area (Å²) in [4.78, 5) is 17.8. The number of hydrogen-bond donors (Lipinski definition) is 1. The summed E-state index contributed by atoms with van der Waals surface area (Å²) < 4.78 is 0. The minimum atomic E-state index is 0.0829. The quantitative estimate of drug-likeness (QED) is 0.904. The molecular formula is C21H27N5O. The van der Waals surface area contributed by atoms with Crippen LogP contribution in [-0.2, 0) is 24.2 Å². The second kappa shape index (κ2) is 6.75. The predicted octanol–water partition coefficient (Wildman–Crippen LogP) is 2.03. The molecule has 3 aliphatic rings. The normalized spacial score (nSPS) is 28.0. The molecule has 6 heteroatoms. The number of H-pyrrole nitrogens is 1. The Morgan fingerprint density at radius 3 is 2.81 bits per heavy atom. The van der Waals surface area contributed by atoms with Crippen molar-refractivity contribution in [2.45, 2.75) is 38.6 Å². The van der Waals surface area contributed by atoms with Crippen LogP contribution in [0.1, 0.15) is 36.2 Å². The molecule has 3 heterocycles. The molecule has 2 atom stereocenters. The summed E-state index contributed by atoms with van der Waals surface area (Å²) in [6, 6.07) is 10.7. The topological polar surface area (TPSA) is 65.1 Å². The highest BCUT2D eigenvalue weighted by Gasteiger charge is 2.45. The van der Waals surface area contributed by atoms with Gasteiger partial charge in [0.25, 0.3) is 0 Å². The number of benzene rings is 1. The van der Waals surface area contributed by atoms with E-state index < -0.39 is 0 Å². The van der Waals surface area contributed by atoms with Crippen molar-refractivity contribution >= 4 is 5.91 Å². The fraction of sp³-hybridized carbons (Fsp3) is 0.571. The minimum absolute atomic E-state index is 0.0829. The molecule has 0 saturated carbocycles. The van der Waals surface area contributed by atoms with Crippen LogP contribution in [-0.4, -0.2) is 57.3 Å². The number of likely N-dealkylation sites (tertiary alicyclic amines) is 2. The van der Waals surface area contributed by atoms with Crippen molar-refractivity contribution in [3.63, 3.8) is 0 Å². The lowest BCUT2D eigenvalue weighted by Gasteiger charge is -2.28. The average Bonchev–Trinajstić information content (AvgIpc) is 3.42. The Balaban J connectivity index is 1.20. The molecule has 2 unspecified atom stereocenters. The van der Waals surface area contributed by atoms with Crippen LogP contribution in [0, 0.1) is 11.3 Å². The van der Waals surface area contributed by atoms with Crippen LogP contribution in [0.3, 0.4) is 0 Å². The van der Waals surface area contributed by atoms with Gasteiger partial charge in [-0.1, -0.05) is 30.3 Å². The molecule has 142 valence electrons. The van der Waals surface area contributed by atoms with Crippen LogP contribution in [0.15, 0.2) is 30.3 Å². The molecule has 5 rings (SSSR count). The van der Waals surface area contributed by atoms with E-state index in [0.29, 0.717) is 11.3 Å². The maximum atomic E-state index is 13.1. The lowest BCUT2D eigenvalue weighted by atomic mass is 9.86. The molecule has 2 aromatic rings. The van der Waals surface area contributed by atoms with Gasteiger partial charge in [0.2, 0.25) is 5.91 Å². The largest absolute Gasteiger partial charge is 0.342 e. The third kappa shape index (κ3) is 3.27. The molecule has 1 aromatic heterocycles. The van der Waals surface area contributed by atoms with E-state index in [1.807, 2.05) is 0 Å². The van der Waals surface area contributed by atoms with Crippen molar-refractivity contribution < 1.29 is 4.79 Å². The maximum Gasteiger partial charge on any atom is 0.226 e. The first kappa shape index (κ1) is 16.9. The fourth-order valence-corrected chi connectivity index (χ4v) is 5.21. The van der Waals surface area contributed by atoms with Gasteiger partial charge >= 0.3 is 0 Å². The first-order valence-electron chi connectivity index (χ1n) is 10.1. The van der Waals surface area contributed by atoms with Crippen molar-refractivity contribution in [1.82, 2.24) is 25.2 Å². The summed E-state index contributed by atoms with van der Waals surface area (Å²) in [6.07, 6.45) is 4.87. The van der Waals surface area contributed by atoms with E-state index in [1.54, 1.807) is 0 Å². The summed E-state index contributed by atoms with van der Waals surface area (Å²) >= 11 is 0. The number of rotatable bonds is 3. The van der Waals surface area contributed by atoms with Crippen LogP contribution in [0.5, 0.6) is 0 Å². The molecule has 1 N–H and O–H groups in total. The Bertz CT molecular complexity index is 819. The van der Waals surface area contributed by atoms with Gasteiger partial charge in [0, 0.05) is 43.9 Å². The highest BCUT2D eigenvalue weighted by atomic mass is 16.2. The van der Waals surface area contributed by atoms with Gasteiger partial charge in [-0.3, -0.25) is 9.69 Å². The highest BCUT2D eigenvalue weighted by Crippen LogP contribution is 2.41. The molecule has 1 aromatic carbocycles. The summed E-state index contributed by atoms with van der Waals surface area (Å²) in [5, 5.41) is 11.1. The van der Waals surface area contributed by atoms with Gasteiger partial charge in [0.05, 0.1) is 11.4 Å². The number of carbonyl (C=O) groups excluding carboxylic acids is 1. The van der Waals surface area contributed by atoms with Gasteiger partial charge in [-0.25, -0.2) is 0 Å². The number of carbonyl (C=O) groups is 1. The number of fused-ring (bicyclic) bond motifs is 1. The second-order valence-electron chi connectivity index (χ2n) is 8.61. The molecule has 1 amide bonds. The van der Waals surface area contributed by atoms with E-state index >= 15 is 0 Å². The zero-order valence-corrected chi connectivity index (χ0v) is 15.7. The predicted molar refractivity (Wildman–Crippen MR) is 102 cm³/mol. The van der Waals surface area contributed by atoms with Crippen molar-refractivity contribution in [1.29, 1.82) is 0 Å². The maximum absolute atomic E-state index is 13.1. The zero-order valence-electron chi connectivity index (χ0n) is 15.7. The number of hydrogen-bond acceptors (Lipinski definition) is 4. The molecule has 27 heavy (non-hydrogen) atoms. The van der Waals surface area contributed by atoms with Crippen molar-refractivity contribution in [3.8, 4) is 0 Å². The highest BCUT2D eigenvalue weighted by molar-refractivity contribution is 5.79. The lowest BCUT2D eigenvalue weighted by molar-refractivity contribution is -0.135. The van der Waals surface area contributed by atoms with Crippen LogP contribution < -0.4 is 0 Å². The molecule has 1 aliphatic carbocycles. The Labute approximate surface area is 159 Å². The SMILES string of the molecule is O=C(C1CCc2n[nH]nc2C1)N1CCC2(CCN(Cc3ccccc3)C2)C1. The van der Waals surface area contributed by atoms with E-state index in [4.69, 9.17) is 0 Å². The van der Waals surface area contributed by atoms with Gasteiger partial charge < -0.3 is 4.90 Å². The second-order valence-corrected chi connectivity index (χ2v) is 8.61. The zero-order chi connectivity index (χ0) is 18.3. The van der Waals surface area contributed by atoms with Gasteiger partial charge in [0.1, 0.15) is 0 Å². The van der Waals surface area contributed by atoms with Crippen molar-refractivity contribution in [2.24, 2.45) is 11.3 Å². The molecule has 2 fully saturated rings. The molecule has 2 aliphatic heterocycles. The van der Waals surface area contributed by atoms with Gasteiger partial charge in [-0.05, 0) is 37.8 Å². The molecule has 1 spiro atoms. The first-order valence-corrected chi connectivity index (χ1v) is 10.1. The van der Waals surface area contributed by atoms with Gasteiger partial charge in [-0.2, -0.15) is 15.4 Å². The van der Waals surface area contributed by atoms with Crippen LogP contribution in [0.4, 0.5) is 0 Å². The van der Waals surface area contributed by atoms with Crippen LogP contribution >= 0.6 is 0 Å². The molecule has 0 bridgehead atoms. The molecule has 6 nitrogen and oxygen atoms in total. The number of amides is 1. The summed E-state index contributed by atoms with van der Waals surface area (Å²) in [6.45, 7) is 5.13. The Morgan fingerprint density at radius 2 is 1.93 bits per heavy atom. The average molecular weight is 365 g/mol. The number of aryl methyl sites for hydroxylation is 1. The van der Waals surface area contributed by atoms with E-state index in [0.717, 1.165) is 69.8 Å². The van der Waals surface area contributed by atoms with Gasteiger partial charge in [-0.15, -0.1) is 0 Å². The third-order valence-electron chi connectivity index (χ3n) is 6.74. The monoisotopic (exact) mass is 365 g/mol. The summed E-state index contributed by atoms with van der Waals surface area (Å²) in [5.74, 6) is 0.418. The van der Waals surface area contributed by atoms with Crippen molar-refractivity contribution in [2.75, 3.05) is 26.2 Å². The lowest BCUT2D eigenvalue weighted by Crippen LogP contribution is -2.39. The minimum Gasteiger partial charge on any atom is -0.342 e. The molecular weight excluding hydrogens is 338 g/mol. The standard InChI is InChI=1S/C21H27N5O/c27-20(17-6-7-18-19(12-17)23-24-22-18)26-11-9-21(15-26)8-10-25(14-21)13-16-4-2-1-3-5-16/h1-5,17H,6-15H2,(H,22,23,24). The van der Waals surface area contributed by atoms with Crippen LogP contribution in [0.25, 0.3) is 0 Å². The van der Waals surface area contributed by atoms with E-state index in [9.17, 15) is 4.79 Å². The van der Waals surface area contributed by atoms with E-state index in [-0.39, 0.29) is 5.92 Å². The van der Waals surface area contributed by atoms with Crippen molar-refractivity contribution in [3.05, 3.63) is 47.3 Å². The smallest absolute Gasteiger partial charge is 0.226 e. The first-order chi connectivity index (χ1) is 13.2.